The van der Waals surface area contributed by atoms with Crippen molar-refractivity contribution in [2.45, 2.75) is 31.5 Å². The molecule has 1 aliphatic rings. The summed E-state index contributed by atoms with van der Waals surface area (Å²) in [7, 11) is 0. The molecule has 0 bridgehead atoms. The Hall–Kier alpha value is -2.62. The molecule has 1 aromatic carbocycles. The minimum atomic E-state index is -4.61. The maximum atomic E-state index is 13.5. The van der Waals surface area contributed by atoms with E-state index in [0.29, 0.717) is 0 Å². The molecule has 0 aliphatic heterocycles. The van der Waals surface area contributed by atoms with Crippen LogP contribution in [0.15, 0.2) is 29.3 Å². The second-order valence-corrected chi connectivity index (χ2v) is 6.36. The third-order valence-corrected chi connectivity index (χ3v) is 4.25. The Morgan fingerprint density at radius 1 is 1.30 bits per heavy atom. The van der Waals surface area contributed by atoms with E-state index >= 15 is 0 Å². The van der Waals surface area contributed by atoms with Crippen LogP contribution in [0, 0.1) is 5.82 Å². The molecular weight excluding hydrogens is 390 g/mol. The molecule has 3 N–H and O–H groups in total. The zero-order valence-electron chi connectivity index (χ0n) is 13.7. The van der Waals surface area contributed by atoms with Gasteiger partial charge in [-0.15, -0.1) is 0 Å². The Bertz CT molecular complexity index is 876. The number of hydrogen-bond donors (Lipinski definition) is 3. The minimum absolute atomic E-state index is 0.0380. The first-order chi connectivity index (χ1) is 12.7. The number of nitrogens with one attached hydrogen (secondary N) is 3. The number of alkyl halides is 3. The molecule has 1 saturated carbocycles. The highest BCUT2D eigenvalue weighted by Crippen LogP contribution is 2.28. The number of carbonyl (C=O) groups is 1. The third kappa shape index (κ3) is 4.76. The molecule has 144 valence electrons. The van der Waals surface area contributed by atoms with E-state index in [1.54, 1.807) is 0 Å². The number of nitrogens with zero attached hydrogens (tertiary/aromatic N) is 2. The van der Waals surface area contributed by atoms with Crippen LogP contribution in [-0.2, 0) is 6.18 Å². The number of aromatic amines is 1. The van der Waals surface area contributed by atoms with E-state index in [4.69, 9.17) is 11.6 Å². The fourth-order valence-corrected chi connectivity index (χ4v) is 2.41. The predicted octanol–water partition coefficient (Wildman–Crippen LogP) is 3.97. The van der Waals surface area contributed by atoms with Crippen LogP contribution >= 0.6 is 11.6 Å². The molecule has 0 radical (unpaired) electrons. The van der Waals surface area contributed by atoms with Gasteiger partial charge in [0.25, 0.3) is 5.91 Å². The van der Waals surface area contributed by atoms with Gasteiger partial charge in [0.1, 0.15) is 11.6 Å². The lowest BCUT2D eigenvalue weighted by molar-refractivity contribution is -0.141. The lowest BCUT2D eigenvalue weighted by Crippen LogP contribution is -2.43. The Balaban J connectivity index is 1.81. The highest BCUT2D eigenvalue weighted by molar-refractivity contribution is 6.30. The summed E-state index contributed by atoms with van der Waals surface area (Å²) >= 11 is 5.58. The Morgan fingerprint density at radius 3 is 2.59 bits per heavy atom. The second kappa shape index (κ2) is 7.55. The fraction of sp³-hybridized carbons (Fsp3) is 0.312. The molecule has 2 aromatic rings. The largest absolute Gasteiger partial charge is 0.435 e. The van der Waals surface area contributed by atoms with E-state index in [-0.39, 0.29) is 28.4 Å². The fourth-order valence-electron chi connectivity index (χ4n) is 2.30. The molecule has 1 heterocycles. The predicted molar refractivity (Wildman–Crippen MR) is 91.2 cm³/mol. The summed E-state index contributed by atoms with van der Waals surface area (Å²) in [5.74, 6) is -1.71. The van der Waals surface area contributed by atoms with Gasteiger partial charge in [-0.05, 0) is 37.5 Å². The molecule has 3 rings (SSSR count). The van der Waals surface area contributed by atoms with E-state index in [1.165, 1.54) is 12.1 Å². The van der Waals surface area contributed by atoms with E-state index < -0.39 is 23.6 Å². The Kier molecular flexibility index (Phi) is 5.36. The molecular formula is C16H14ClF4N5O. The topological polar surface area (TPSA) is 82.2 Å². The molecule has 1 aliphatic carbocycles. The Labute approximate surface area is 156 Å². The number of hydrogen-bond acceptors (Lipinski definition) is 2. The van der Waals surface area contributed by atoms with Gasteiger partial charge in [0, 0.05) is 17.7 Å². The van der Waals surface area contributed by atoms with Crippen molar-refractivity contribution in [2.75, 3.05) is 5.32 Å². The van der Waals surface area contributed by atoms with Crippen molar-refractivity contribution in [3.8, 4) is 0 Å². The van der Waals surface area contributed by atoms with Crippen molar-refractivity contribution in [2.24, 2.45) is 4.99 Å². The summed E-state index contributed by atoms with van der Waals surface area (Å²) in [4.78, 5) is 16.1. The average Bonchev–Trinajstić information content (AvgIpc) is 3.02. The first kappa shape index (κ1) is 19.2. The third-order valence-electron chi connectivity index (χ3n) is 3.95. The van der Waals surface area contributed by atoms with Crippen LogP contribution in [0.2, 0.25) is 5.02 Å². The van der Waals surface area contributed by atoms with Gasteiger partial charge >= 0.3 is 6.18 Å². The molecule has 0 unspecified atom stereocenters. The standard InChI is InChI=1S/C16H14ClF4N5O/c17-10-5-4-8(6-11(10)18)14(27)24-15(22-9-2-1-3-9)23-13-7-12(25-26-13)16(19,20)21/h4-7,9H,1-3H2,(H3,22,23,24,25,26,27). The highest BCUT2D eigenvalue weighted by atomic mass is 35.5. The maximum absolute atomic E-state index is 13.5. The molecule has 6 nitrogen and oxygen atoms in total. The van der Waals surface area contributed by atoms with Gasteiger partial charge in [0.2, 0.25) is 5.96 Å². The van der Waals surface area contributed by atoms with E-state index in [0.717, 1.165) is 31.4 Å². The van der Waals surface area contributed by atoms with Gasteiger partial charge in [-0.3, -0.25) is 9.89 Å². The number of carbonyl (C=O) groups excluding carboxylic acids is 1. The lowest BCUT2D eigenvalue weighted by Gasteiger charge is -2.28. The van der Waals surface area contributed by atoms with Crippen LogP contribution in [0.1, 0.15) is 35.3 Å². The van der Waals surface area contributed by atoms with Crippen molar-refractivity contribution in [1.82, 2.24) is 15.5 Å². The van der Waals surface area contributed by atoms with Crippen LogP contribution in [0.4, 0.5) is 23.4 Å². The molecule has 1 amide bonds. The first-order valence-corrected chi connectivity index (χ1v) is 8.34. The van der Waals surface area contributed by atoms with Gasteiger partial charge in [-0.25, -0.2) is 4.39 Å². The van der Waals surface area contributed by atoms with Crippen LogP contribution in [0.3, 0.4) is 0 Å². The monoisotopic (exact) mass is 403 g/mol. The van der Waals surface area contributed by atoms with Gasteiger partial charge in [0.05, 0.1) is 5.02 Å². The number of benzene rings is 1. The first-order valence-electron chi connectivity index (χ1n) is 7.96. The van der Waals surface area contributed by atoms with E-state index in [2.05, 4.69) is 25.8 Å². The summed E-state index contributed by atoms with van der Waals surface area (Å²) in [5.41, 5.74) is -1.16. The van der Waals surface area contributed by atoms with Crippen LogP contribution in [0.25, 0.3) is 0 Å². The maximum Gasteiger partial charge on any atom is 0.435 e. The van der Waals surface area contributed by atoms with Crippen molar-refractivity contribution in [1.29, 1.82) is 0 Å². The zero-order valence-corrected chi connectivity index (χ0v) is 14.5. The molecule has 0 saturated heterocycles. The van der Waals surface area contributed by atoms with Gasteiger partial charge in [-0.2, -0.15) is 23.3 Å². The van der Waals surface area contributed by atoms with Gasteiger partial charge in [0.15, 0.2) is 5.69 Å². The number of amides is 1. The second-order valence-electron chi connectivity index (χ2n) is 5.96. The van der Waals surface area contributed by atoms with Crippen molar-refractivity contribution >= 4 is 29.3 Å². The van der Waals surface area contributed by atoms with Crippen LogP contribution in [0.5, 0.6) is 0 Å². The highest BCUT2D eigenvalue weighted by Gasteiger charge is 2.34. The van der Waals surface area contributed by atoms with Crippen LogP contribution < -0.4 is 10.6 Å². The molecule has 1 fully saturated rings. The number of guanidine groups is 1. The molecule has 0 spiro atoms. The number of H-pyrrole nitrogens is 1. The zero-order chi connectivity index (χ0) is 19.6. The minimum Gasteiger partial charge on any atom is -0.353 e. The SMILES string of the molecule is O=C(/N=C(\Nc1cc(C(F)(F)F)n[nH]1)NC1CCC1)c1ccc(Cl)c(F)c1. The lowest BCUT2D eigenvalue weighted by atomic mass is 9.93. The number of anilines is 1. The number of aromatic nitrogens is 2. The average molecular weight is 404 g/mol. The molecule has 1 aromatic heterocycles. The van der Waals surface area contributed by atoms with Gasteiger partial charge in [-0.1, -0.05) is 11.6 Å². The molecule has 11 heteroatoms. The van der Waals surface area contributed by atoms with Crippen LogP contribution in [-0.4, -0.2) is 28.1 Å². The molecule has 0 atom stereocenters. The van der Waals surface area contributed by atoms with Gasteiger partial charge < -0.3 is 10.6 Å². The molecule has 27 heavy (non-hydrogen) atoms. The normalized spacial score (nSPS) is 15.4. The summed E-state index contributed by atoms with van der Waals surface area (Å²) in [5, 5.41) is 10.7. The number of halogens is 5. The van der Waals surface area contributed by atoms with Crippen molar-refractivity contribution in [3.63, 3.8) is 0 Å². The summed E-state index contributed by atoms with van der Waals surface area (Å²) in [6, 6.07) is 4.25. The van der Waals surface area contributed by atoms with Crippen molar-refractivity contribution in [3.05, 3.63) is 46.4 Å². The quantitative estimate of drug-likeness (QED) is 0.411. The summed E-state index contributed by atoms with van der Waals surface area (Å²) < 4.78 is 51.5. The van der Waals surface area contributed by atoms with E-state index in [9.17, 15) is 22.4 Å². The smallest absolute Gasteiger partial charge is 0.353 e. The number of rotatable bonds is 3. The van der Waals surface area contributed by atoms with Crippen molar-refractivity contribution < 1.29 is 22.4 Å². The Morgan fingerprint density at radius 2 is 2.04 bits per heavy atom. The summed E-state index contributed by atoms with van der Waals surface area (Å²) in [6.07, 6.45) is -1.95. The number of aliphatic imine (C=N–C) groups is 1. The summed E-state index contributed by atoms with van der Waals surface area (Å²) in [6.45, 7) is 0. The van der Waals surface area contributed by atoms with E-state index in [1.807, 2.05) is 0 Å².